The third-order valence-electron chi connectivity index (χ3n) is 1.95. The molecule has 1 rings (SSSR count). The van der Waals surface area contributed by atoms with E-state index in [0.717, 1.165) is 17.4 Å². The largest absolute Gasteiger partial charge is 0.391 e. The Hall–Kier alpha value is -0.710. The van der Waals surface area contributed by atoms with Crippen molar-refractivity contribution in [1.82, 2.24) is 4.72 Å². The number of aliphatic hydroxyl groups excluding tert-OH is 1. The van der Waals surface area contributed by atoms with Gasteiger partial charge in [-0.25, -0.2) is 21.9 Å². The van der Waals surface area contributed by atoms with E-state index in [1.807, 2.05) is 0 Å². The highest BCUT2D eigenvalue weighted by atomic mass is 32.2. The van der Waals surface area contributed by atoms with Gasteiger partial charge in [-0.3, -0.25) is 0 Å². The number of hydrogen-bond acceptors (Lipinski definition) is 4. The highest BCUT2D eigenvalue weighted by molar-refractivity contribution is 7.89. The van der Waals surface area contributed by atoms with E-state index in [2.05, 4.69) is 0 Å². The van der Waals surface area contributed by atoms with E-state index in [1.54, 1.807) is 0 Å². The van der Waals surface area contributed by atoms with Gasteiger partial charge in [0.15, 0.2) is 0 Å². The van der Waals surface area contributed by atoms with Crippen LogP contribution in [0.15, 0.2) is 16.3 Å². The highest BCUT2D eigenvalue weighted by Gasteiger charge is 2.41. The molecule has 0 saturated carbocycles. The topological polar surface area (TPSA) is 66.4 Å². The second-order valence-corrected chi connectivity index (χ2v) is 5.99. The summed E-state index contributed by atoms with van der Waals surface area (Å²) in [4.78, 5) is -0.345. The molecule has 0 spiro atoms. The zero-order valence-corrected chi connectivity index (χ0v) is 10.4. The third-order valence-corrected chi connectivity index (χ3v) is 4.48. The number of aliphatic hydroxyl groups is 1. The molecule has 0 amide bonds. The maximum absolute atomic E-state index is 12.6. The molecule has 0 aromatic carbocycles. The van der Waals surface area contributed by atoms with Crippen LogP contribution in [0.4, 0.5) is 17.6 Å². The van der Waals surface area contributed by atoms with E-state index in [1.165, 1.54) is 10.1 Å². The molecular weight excluding hydrogens is 298 g/mol. The first-order valence-electron chi connectivity index (χ1n) is 4.53. The molecule has 0 bridgehead atoms. The van der Waals surface area contributed by atoms with Gasteiger partial charge >= 0.3 is 12.3 Å². The van der Waals surface area contributed by atoms with E-state index in [-0.39, 0.29) is 9.77 Å². The first kappa shape index (κ1) is 15.3. The van der Waals surface area contributed by atoms with Crippen LogP contribution < -0.4 is 4.72 Å². The minimum atomic E-state index is -4.44. The van der Waals surface area contributed by atoms with Crippen LogP contribution in [0.2, 0.25) is 0 Å². The molecule has 104 valence electrons. The van der Waals surface area contributed by atoms with Crippen LogP contribution >= 0.6 is 11.3 Å². The van der Waals surface area contributed by atoms with Crippen molar-refractivity contribution in [3.63, 3.8) is 0 Å². The van der Waals surface area contributed by atoms with Crippen LogP contribution in [0.1, 0.15) is 4.88 Å². The lowest BCUT2D eigenvalue weighted by Gasteiger charge is -2.15. The lowest BCUT2D eigenvalue weighted by molar-refractivity contribution is -0.122. The van der Waals surface area contributed by atoms with Crippen molar-refractivity contribution in [3.8, 4) is 0 Å². The molecule has 4 nitrogen and oxygen atoms in total. The molecule has 0 aliphatic heterocycles. The molecule has 18 heavy (non-hydrogen) atoms. The van der Waals surface area contributed by atoms with Gasteiger partial charge in [-0.2, -0.15) is 8.78 Å². The fourth-order valence-corrected chi connectivity index (χ4v) is 3.37. The number of alkyl halides is 4. The fourth-order valence-electron chi connectivity index (χ4n) is 1.03. The molecule has 0 aliphatic carbocycles. The van der Waals surface area contributed by atoms with Crippen molar-refractivity contribution < 1.29 is 31.1 Å². The molecule has 0 saturated heterocycles. The lowest BCUT2D eigenvalue weighted by Crippen LogP contribution is -2.41. The van der Waals surface area contributed by atoms with Gasteiger partial charge in [0.1, 0.15) is 0 Å². The van der Waals surface area contributed by atoms with Gasteiger partial charge in [-0.1, -0.05) is 0 Å². The fraction of sp³-hybridized carbons (Fsp3) is 0.500. The highest BCUT2D eigenvalue weighted by Crippen LogP contribution is 2.24. The Morgan fingerprint density at radius 3 is 2.56 bits per heavy atom. The van der Waals surface area contributed by atoms with Crippen molar-refractivity contribution >= 4 is 21.4 Å². The smallest absolute Gasteiger partial charge is 0.320 e. The first-order chi connectivity index (χ1) is 8.20. The standard InChI is InChI=1S/C8H9F4NO3S2/c9-7(10)8(11,12)4-13-18(15,16)6-1-2-17-5(6)3-14/h1-2,7,13-14H,3-4H2. The van der Waals surface area contributed by atoms with Crippen LogP contribution in [0.5, 0.6) is 0 Å². The minimum absolute atomic E-state index is 0.0443. The van der Waals surface area contributed by atoms with Crippen molar-refractivity contribution in [2.24, 2.45) is 0 Å². The third kappa shape index (κ3) is 3.40. The summed E-state index contributed by atoms with van der Waals surface area (Å²) < 4.78 is 73.4. The number of halogens is 4. The summed E-state index contributed by atoms with van der Waals surface area (Å²) in [7, 11) is -4.34. The van der Waals surface area contributed by atoms with Gasteiger partial charge in [0.2, 0.25) is 10.0 Å². The predicted molar refractivity (Wildman–Crippen MR) is 56.4 cm³/mol. The van der Waals surface area contributed by atoms with E-state index in [4.69, 9.17) is 5.11 Å². The normalized spacial score (nSPS) is 13.2. The van der Waals surface area contributed by atoms with E-state index < -0.39 is 35.5 Å². The minimum Gasteiger partial charge on any atom is -0.391 e. The number of sulfonamides is 1. The van der Waals surface area contributed by atoms with Crippen LogP contribution in [-0.2, 0) is 16.6 Å². The quantitative estimate of drug-likeness (QED) is 0.781. The van der Waals surface area contributed by atoms with Crippen LogP contribution in [0, 0.1) is 0 Å². The predicted octanol–water partition coefficient (Wildman–Crippen LogP) is 1.42. The van der Waals surface area contributed by atoms with E-state index >= 15 is 0 Å². The number of rotatable bonds is 6. The Bertz CT molecular complexity index is 500. The average molecular weight is 307 g/mol. The Balaban J connectivity index is 2.84. The van der Waals surface area contributed by atoms with Crippen LogP contribution in [0.3, 0.4) is 0 Å². The molecule has 0 fully saturated rings. The molecule has 1 aromatic rings. The van der Waals surface area contributed by atoms with Gasteiger partial charge in [-0.05, 0) is 11.4 Å². The molecule has 0 aliphatic rings. The Labute approximate surface area is 104 Å². The monoisotopic (exact) mass is 307 g/mol. The van der Waals surface area contributed by atoms with Gasteiger partial charge in [0.05, 0.1) is 18.0 Å². The Kier molecular flexibility index (Phi) is 4.70. The number of hydrogen-bond donors (Lipinski definition) is 2. The summed E-state index contributed by atoms with van der Waals surface area (Å²) in [6, 6.07) is 1.10. The van der Waals surface area contributed by atoms with Gasteiger partial charge in [0.25, 0.3) is 0 Å². The summed E-state index contributed by atoms with van der Waals surface area (Å²) >= 11 is 0.911. The lowest BCUT2D eigenvalue weighted by atomic mass is 10.4. The van der Waals surface area contributed by atoms with Crippen LogP contribution in [-0.4, -0.2) is 32.4 Å². The number of nitrogens with one attached hydrogen (secondary N) is 1. The SMILES string of the molecule is O=S(=O)(NCC(F)(F)C(F)F)c1ccsc1CO. The molecule has 0 radical (unpaired) electrons. The van der Waals surface area contributed by atoms with E-state index in [0.29, 0.717) is 0 Å². The second kappa shape index (κ2) is 5.51. The molecule has 1 aromatic heterocycles. The van der Waals surface area contributed by atoms with Gasteiger partial charge in [-0.15, -0.1) is 11.3 Å². The molecule has 0 atom stereocenters. The van der Waals surface area contributed by atoms with E-state index in [9.17, 15) is 26.0 Å². The van der Waals surface area contributed by atoms with Crippen LogP contribution in [0.25, 0.3) is 0 Å². The first-order valence-corrected chi connectivity index (χ1v) is 6.90. The summed E-state index contributed by atoms with van der Waals surface area (Å²) in [5.41, 5.74) is 0. The Morgan fingerprint density at radius 1 is 1.44 bits per heavy atom. The maximum Gasteiger partial charge on any atom is 0.320 e. The zero-order valence-electron chi connectivity index (χ0n) is 8.74. The van der Waals surface area contributed by atoms with Crippen molar-refractivity contribution in [2.75, 3.05) is 6.54 Å². The van der Waals surface area contributed by atoms with Gasteiger partial charge in [0, 0.05) is 4.88 Å². The zero-order chi connectivity index (χ0) is 14.0. The summed E-state index contributed by atoms with van der Waals surface area (Å²) in [6.45, 7) is -2.28. The van der Waals surface area contributed by atoms with Gasteiger partial charge < -0.3 is 5.11 Å². The molecule has 0 unspecified atom stereocenters. The molecule has 1 heterocycles. The summed E-state index contributed by atoms with van der Waals surface area (Å²) in [5.74, 6) is -4.44. The van der Waals surface area contributed by atoms with Crippen molar-refractivity contribution in [2.45, 2.75) is 23.9 Å². The molecule has 10 heteroatoms. The molecule has 2 N–H and O–H groups in total. The Morgan fingerprint density at radius 2 is 2.06 bits per heavy atom. The van der Waals surface area contributed by atoms with Crippen molar-refractivity contribution in [1.29, 1.82) is 0 Å². The second-order valence-electron chi connectivity index (χ2n) is 3.25. The maximum atomic E-state index is 12.6. The molecular formula is C8H9F4NO3S2. The number of thiophene rings is 1. The summed E-state index contributed by atoms with van der Waals surface area (Å²) in [6.07, 6.45) is -3.96. The van der Waals surface area contributed by atoms with Crippen molar-refractivity contribution in [3.05, 3.63) is 16.3 Å². The average Bonchev–Trinajstić information content (AvgIpc) is 2.75. The summed E-state index contributed by atoms with van der Waals surface area (Å²) in [5, 5.41) is 10.2.